The van der Waals surface area contributed by atoms with Gasteiger partial charge in [-0.1, -0.05) is 18.2 Å². The Balaban J connectivity index is 2.11. The number of alkyl carbamates (subject to hydrolysis) is 1. The number of fused-ring (bicyclic) bond motifs is 1. The average molecular weight is 317 g/mol. The zero-order valence-electron chi connectivity index (χ0n) is 14.0. The molecule has 0 saturated carbocycles. The maximum atomic E-state index is 11.9. The highest BCUT2D eigenvalue weighted by molar-refractivity contribution is 5.91. The first-order chi connectivity index (χ1) is 10.7. The molecule has 0 heterocycles. The highest BCUT2D eigenvalue weighted by Gasteiger charge is 2.26. The minimum atomic E-state index is -0.921. The van der Waals surface area contributed by atoms with Crippen LogP contribution >= 0.6 is 0 Å². The van der Waals surface area contributed by atoms with Gasteiger partial charge in [0.1, 0.15) is 5.60 Å². The first-order valence-electron chi connectivity index (χ1n) is 7.69. The summed E-state index contributed by atoms with van der Waals surface area (Å²) in [5.41, 5.74) is 2.85. The molecule has 1 atom stereocenters. The second-order valence-corrected chi connectivity index (χ2v) is 6.83. The third-order valence-electron chi connectivity index (χ3n) is 3.66. The molecule has 1 aromatic rings. The van der Waals surface area contributed by atoms with Gasteiger partial charge in [0.15, 0.2) is 0 Å². The van der Waals surface area contributed by atoms with E-state index in [1.165, 1.54) is 0 Å². The van der Waals surface area contributed by atoms with Gasteiger partial charge in [-0.2, -0.15) is 0 Å². The highest BCUT2D eigenvalue weighted by Crippen LogP contribution is 2.32. The van der Waals surface area contributed by atoms with E-state index in [4.69, 9.17) is 9.84 Å². The van der Waals surface area contributed by atoms with Crippen LogP contribution in [0.5, 0.6) is 0 Å². The van der Waals surface area contributed by atoms with Gasteiger partial charge in [0.25, 0.3) is 0 Å². The van der Waals surface area contributed by atoms with Crippen molar-refractivity contribution < 1.29 is 19.4 Å². The predicted molar refractivity (Wildman–Crippen MR) is 88.2 cm³/mol. The fourth-order valence-electron chi connectivity index (χ4n) is 2.64. The van der Waals surface area contributed by atoms with Gasteiger partial charge in [0.2, 0.25) is 0 Å². The van der Waals surface area contributed by atoms with E-state index in [1.54, 1.807) is 13.0 Å². The summed E-state index contributed by atoms with van der Waals surface area (Å²) in [5, 5.41) is 11.8. The van der Waals surface area contributed by atoms with Crippen LogP contribution in [-0.4, -0.2) is 22.8 Å². The highest BCUT2D eigenvalue weighted by atomic mass is 16.6. The molecule has 0 spiro atoms. The van der Waals surface area contributed by atoms with E-state index < -0.39 is 17.7 Å². The van der Waals surface area contributed by atoms with Crippen LogP contribution in [0.15, 0.2) is 23.8 Å². The zero-order valence-corrected chi connectivity index (χ0v) is 14.0. The molecule has 23 heavy (non-hydrogen) atoms. The number of benzene rings is 1. The number of carbonyl (C=O) groups excluding carboxylic acids is 1. The Morgan fingerprint density at radius 1 is 1.35 bits per heavy atom. The first-order valence-corrected chi connectivity index (χ1v) is 7.69. The minimum absolute atomic E-state index is 0.0570. The lowest BCUT2D eigenvalue weighted by molar-refractivity contribution is -0.132. The van der Waals surface area contributed by atoms with Crippen LogP contribution in [-0.2, 0) is 16.0 Å². The van der Waals surface area contributed by atoms with E-state index in [0.29, 0.717) is 5.57 Å². The van der Waals surface area contributed by atoms with Crippen LogP contribution in [0, 0.1) is 0 Å². The topological polar surface area (TPSA) is 75.6 Å². The van der Waals surface area contributed by atoms with E-state index in [1.807, 2.05) is 39.0 Å². The lowest BCUT2D eigenvalue weighted by atomic mass is 10.0. The van der Waals surface area contributed by atoms with Crippen molar-refractivity contribution in [3.05, 3.63) is 40.5 Å². The molecule has 1 unspecified atom stereocenters. The molecule has 124 valence electrons. The number of ether oxygens (including phenoxy) is 1. The Morgan fingerprint density at radius 3 is 2.65 bits per heavy atom. The van der Waals surface area contributed by atoms with Gasteiger partial charge >= 0.3 is 12.1 Å². The van der Waals surface area contributed by atoms with Gasteiger partial charge in [-0.3, -0.25) is 0 Å². The van der Waals surface area contributed by atoms with Crippen molar-refractivity contribution in [1.82, 2.24) is 5.32 Å². The monoisotopic (exact) mass is 317 g/mol. The Hall–Kier alpha value is -2.30. The molecule has 1 aliphatic carbocycles. The number of hydrogen-bond donors (Lipinski definition) is 2. The quantitative estimate of drug-likeness (QED) is 0.834. The van der Waals surface area contributed by atoms with Crippen LogP contribution in [0.2, 0.25) is 0 Å². The largest absolute Gasteiger partial charge is 0.478 e. The molecule has 0 fully saturated rings. The predicted octanol–water partition coefficient (Wildman–Crippen LogP) is 3.69. The summed E-state index contributed by atoms with van der Waals surface area (Å²) in [4.78, 5) is 22.8. The molecule has 1 aromatic carbocycles. The van der Waals surface area contributed by atoms with Crippen LogP contribution < -0.4 is 5.32 Å². The summed E-state index contributed by atoms with van der Waals surface area (Å²) >= 11 is 0. The second kappa shape index (κ2) is 6.44. The van der Waals surface area contributed by atoms with Gasteiger partial charge in [-0.05, 0) is 63.3 Å². The van der Waals surface area contributed by atoms with E-state index in [9.17, 15) is 9.59 Å². The average Bonchev–Trinajstić information content (AvgIpc) is 2.78. The van der Waals surface area contributed by atoms with Crippen molar-refractivity contribution in [1.29, 1.82) is 0 Å². The van der Waals surface area contributed by atoms with Gasteiger partial charge in [-0.15, -0.1) is 0 Å². The van der Waals surface area contributed by atoms with Crippen LogP contribution in [0.1, 0.15) is 56.8 Å². The van der Waals surface area contributed by atoms with Crippen LogP contribution in [0.25, 0.3) is 6.08 Å². The first kappa shape index (κ1) is 17.1. The Morgan fingerprint density at radius 2 is 2.04 bits per heavy atom. The SMILES string of the molecule is C/C(=C\c1ccc2c(c1)CCC2NC(=O)OC(C)(C)C)C(=O)O. The summed E-state index contributed by atoms with van der Waals surface area (Å²) in [6.45, 7) is 7.07. The molecule has 1 aliphatic rings. The van der Waals surface area contributed by atoms with Crippen LogP contribution in [0.4, 0.5) is 4.79 Å². The number of nitrogens with one attached hydrogen (secondary N) is 1. The van der Waals surface area contributed by atoms with Crippen molar-refractivity contribution in [2.45, 2.75) is 52.2 Å². The van der Waals surface area contributed by atoms with E-state index in [2.05, 4.69) is 5.32 Å². The number of carboxylic acids is 1. The second-order valence-electron chi connectivity index (χ2n) is 6.83. The van der Waals surface area contributed by atoms with Gasteiger partial charge < -0.3 is 15.2 Å². The molecule has 0 bridgehead atoms. The Bertz CT molecular complexity index is 655. The normalized spacial score (nSPS) is 17.6. The molecule has 0 aromatic heterocycles. The smallest absolute Gasteiger partial charge is 0.408 e. The lowest BCUT2D eigenvalue weighted by Crippen LogP contribution is -2.34. The van der Waals surface area contributed by atoms with Crippen molar-refractivity contribution in [3.63, 3.8) is 0 Å². The molecule has 5 heteroatoms. The third kappa shape index (κ3) is 4.58. The number of rotatable bonds is 3. The van der Waals surface area contributed by atoms with E-state index in [-0.39, 0.29) is 6.04 Å². The number of hydrogen-bond acceptors (Lipinski definition) is 3. The molecule has 5 nitrogen and oxygen atoms in total. The van der Waals surface area contributed by atoms with Gasteiger partial charge in [-0.25, -0.2) is 9.59 Å². The van der Waals surface area contributed by atoms with Crippen LogP contribution in [0.3, 0.4) is 0 Å². The maximum absolute atomic E-state index is 11.9. The van der Waals surface area contributed by atoms with Crippen molar-refractivity contribution in [2.24, 2.45) is 0 Å². The molecule has 2 N–H and O–H groups in total. The molecule has 0 aliphatic heterocycles. The molecular weight excluding hydrogens is 294 g/mol. The lowest BCUT2D eigenvalue weighted by Gasteiger charge is -2.22. The molecule has 1 amide bonds. The number of carboxylic acid groups (broad SMARTS) is 1. The molecule has 0 saturated heterocycles. The van der Waals surface area contributed by atoms with Crippen molar-refractivity contribution in [3.8, 4) is 0 Å². The number of carbonyl (C=O) groups is 2. The molecular formula is C18H23NO4. The minimum Gasteiger partial charge on any atom is -0.478 e. The fraction of sp³-hybridized carbons (Fsp3) is 0.444. The van der Waals surface area contributed by atoms with Crippen molar-refractivity contribution >= 4 is 18.1 Å². The summed E-state index contributed by atoms with van der Waals surface area (Å²) in [7, 11) is 0. The summed E-state index contributed by atoms with van der Waals surface area (Å²) in [5.74, 6) is -0.921. The van der Waals surface area contributed by atoms with E-state index in [0.717, 1.165) is 29.5 Å². The number of aliphatic carboxylic acids is 1. The summed E-state index contributed by atoms with van der Waals surface area (Å²) < 4.78 is 5.29. The summed E-state index contributed by atoms with van der Waals surface area (Å²) in [6, 6.07) is 5.75. The zero-order chi connectivity index (χ0) is 17.2. The van der Waals surface area contributed by atoms with Gasteiger partial charge in [0.05, 0.1) is 6.04 Å². The Labute approximate surface area is 136 Å². The maximum Gasteiger partial charge on any atom is 0.408 e. The fourth-order valence-corrected chi connectivity index (χ4v) is 2.64. The standard InChI is InChI=1S/C18H23NO4/c1-11(16(20)21)9-12-5-7-14-13(10-12)6-8-15(14)19-17(22)23-18(2,3)4/h5,7,9-10,15H,6,8H2,1-4H3,(H,19,22)(H,20,21)/b11-9+. The number of aryl methyl sites for hydroxylation is 1. The molecule has 2 rings (SSSR count). The summed E-state index contributed by atoms with van der Waals surface area (Å²) in [6.07, 6.45) is 2.90. The van der Waals surface area contributed by atoms with Crippen molar-refractivity contribution in [2.75, 3.05) is 0 Å². The third-order valence-corrected chi connectivity index (χ3v) is 3.66. The molecule has 0 radical (unpaired) electrons. The van der Waals surface area contributed by atoms with Gasteiger partial charge in [0, 0.05) is 5.57 Å². The van der Waals surface area contributed by atoms with E-state index >= 15 is 0 Å². The number of amides is 1. The Kier molecular flexibility index (Phi) is 4.78.